The molecule has 0 aromatic heterocycles. The molecular formula is C27H27Cl2F4N3O2. The minimum absolute atomic E-state index is 0.0956. The predicted octanol–water partition coefficient (Wildman–Crippen LogP) is 5.12. The van der Waals surface area contributed by atoms with Gasteiger partial charge in [-0.25, -0.2) is 4.39 Å². The standard InChI is InChI=1S/C27H27Cl2F4N3O2/c28-18-3-4-19(20(29)13-18)26(7-8-26)25(38)35-22(11-16-1-2-17(12-21(16)30)27(31,32)33)24(37)34-23-14-36-9-5-15(23)6-10-36/h1-4,12-13,15,22-23H,5-11,14H2,(H,34,37)(H,35,38)/t22-,23+/m0/s1. The minimum atomic E-state index is -4.70. The summed E-state index contributed by atoms with van der Waals surface area (Å²) in [5.74, 6) is -1.71. The molecule has 2 bridgehead atoms. The second-order valence-corrected chi connectivity index (χ2v) is 11.3. The largest absolute Gasteiger partial charge is 0.416 e. The van der Waals surface area contributed by atoms with Crippen molar-refractivity contribution in [1.29, 1.82) is 0 Å². The predicted molar refractivity (Wildman–Crippen MR) is 136 cm³/mol. The number of piperidine rings is 3. The first-order valence-electron chi connectivity index (χ1n) is 12.6. The number of carbonyl (C=O) groups is 2. The summed E-state index contributed by atoms with van der Waals surface area (Å²) in [6.45, 7) is 2.63. The summed E-state index contributed by atoms with van der Waals surface area (Å²) >= 11 is 12.4. The average Bonchev–Trinajstić information content (AvgIpc) is 3.66. The third kappa shape index (κ3) is 5.51. The molecule has 3 aliphatic heterocycles. The summed E-state index contributed by atoms with van der Waals surface area (Å²) in [5, 5.41) is 6.53. The molecule has 11 heteroatoms. The van der Waals surface area contributed by atoms with Gasteiger partial charge in [-0.05, 0) is 80.1 Å². The highest BCUT2D eigenvalue weighted by atomic mass is 35.5. The van der Waals surface area contributed by atoms with Crippen LogP contribution in [-0.4, -0.2) is 48.4 Å². The van der Waals surface area contributed by atoms with Crippen LogP contribution in [0.4, 0.5) is 17.6 Å². The number of fused-ring (bicyclic) bond motifs is 3. The van der Waals surface area contributed by atoms with E-state index in [-0.39, 0.29) is 18.0 Å². The van der Waals surface area contributed by atoms with E-state index in [0.29, 0.717) is 47.0 Å². The highest BCUT2D eigenvalue weighted by Crippen LogP contribution is 2.51. The molecule has 2 amide bonds. The number of amides is 2. The van der Waals surface area contributed by atoms with Crippen LogP contribution in [0.25, 0.3) is 0 Å². The van der Waals surface area contributed by atoms with Crippen LogP contribution >= 0.6 is 23.2 Å². The SMILES string of the molecule is O=C(N[C@@H]1CN2CCC1CC2)[C@H](Cc1ccc(C(F)(F)F)cc1F)NC(=O)C1(c2ccc(Cl)cc2Cl)CC1. The molecule has 5 nitrogen and oxygen atoms in total. The number of rotatable bonds is 7. The van der Waals surface area contributed by atoms with E-state index in [9.17, 15) is 27.2 Å². The summed E-state index contributed by atoms with van der Waals surface area (Å²) in [6, 6.07) is 5.76. The molecule has 0 radical (unpaired) electrons. The molecular weight excluding hydrogens is 545 g/mol. The van der Waals surface area contributed by atoms with Crippen molar-refractivity contribution in [1.82, 2.24) is 15.5 Å². The quantitative estimate of drug-likeness (QED) is 0.453. The van der Waals surface area contributed by atoms with Gasteiger partial charge in [0, 0.05) is 29.1 Å². The van der Waals surface area contributed by atoms with E-state index < -0.39 is 40.8 Å². The Hall–Kier alpha value is -2.36. The molecule has 1 saturated carbocycles. The summed E-state index contributed by atoms with van der Waals surface area (Å²) in [5.41, 5.74) is -1.58. The maximum Gasteiger partial charge on any atom is 0.416 e. The Bertz CT molecular complexity index is 1240. The summed E-state index contributed by atoms with van der Waals surface area (Å²) in [4.78, 5) is 29.3. The highest BCUT2D eigenvalue weighted by Gasteiger charge is 2.53. The molecule has 3 saturated heterocycles. The second kappa shape index (κ2) is 10.3. The Morgan fingerprint density at radius 1 is 1.08 bits per heavy atom. The Balaban J connectivity index is 1.38. The van der Waals surface area contributed by atoms with Gasteiger partial charge in [-0.15, -0.1) is 0 Å². The fourth-order valence-corrected chi connectivity index (χ4v) is 6.24. The molecule has 0 unspecified atom stereocenters. The number of nitrogens with one attached hydrogen (secondary N) is 2. The number of benzene rings is 2. The van der Waals surface area contributed by atoms with Crippen LogP contribution in [-0.2, 0) is 27.6 Å². The van der Waals surface area contributed by atoms with Gasteiger partial charge >= 0.3 is 6.18 Å². The van der Waals surface area contributed by atoms with Crippen molar-refractivity contribution in [3.8, 4) is 0 Å². The number of halogens is 6. The van der Waals surface area contributed by atoms with Crippen LogP contribution in [0.2, 0.25) is 10.0 Å². The molecule has 2 aromatic carbocycles. The molecule has 4 aliphatic rings. The number of hydrogen-bond donors (Lipinski definition) is 2. The topological polar surface area (TPSA) is 61.4 Å². The van der Waals surface area contributed by atoms with E-state index in [1.807, 2.05) is 0 Å². The smallest absolute Gasteiger partial charge is 0.350 e. The van der Waals surface area contributed by atoms with Gasteiger partial charge in [0.15, 0.2) is 0 Å². The maximum absolute atomic E-state index is 14.7. The molecule has 0 spiro atoms. The zero-order valence-electron chi connectivity index (χ0n) is 20.4. The fourth-order valence-electron chi connectivity index (χ4n) is 5.65. The summed E-state index contributed by atoms with van der Waals surface area (Å²) in [7, 11) is 0. The second-order valence-electron chi connectivity index (χ2n) is 10.5. The lowest BCUT2D eigenvalue weighted by Crippen LogP contribution is -2.60. The number of hydrogen-bond acceptors (Lipinski definition) is 3. The first-order valence-corrected chi connectivity index (χ1v) is 13.4. The van der Waals surface area contributed by atoms with Gasteiger partial charge in [-0.2, -0.15) is 13.2 Å². The van der Waals surface area contributed by atoms with E-state index in [0.717, 1.165) is 38.1 Å². The van der Waals surface area contributed by atoms with Gasteiger partial charge in [0.2, 0.25) is 11.8 Å². The van der Waals surface area contributed by atoms with Crippen molar-refractivity contribution >= 4 is 35.0 Å². The molecule has 1 aliphatic carbocycles. The van der Waals surface area contributed by atoms with Crippen LogP contribution in [0.1, 0.15) is 42.4 Å². The zero-order valence-corrected chi connectivity index (χ0v) is 21.9. The molecule has 2 aromatic rings. The third-order valence-corrected chi connectivity index (χ3v) is 8.59. The van der Waals surface area contributed by atoms with E-state index in [1.54, 1.807) is 18.2 Å². The van der Waals surface area contributed by atoms with Crippen molar-refractivity contribution in [2.24, 2.45) is 5.92 Å². The Labute approximate surface area is 227 Å². The summed E-state index contributed by atoms with van der Waals surface area (Å²) < 4.78 is 53.9. The van der Waals surface area contributed by atoms with Crippen LogP contribution in [0.5, 0.6) is 0 Å². The highest BCUT2D eigenvalue weighted by molar-refractivity contribution is 6.35. The van der Waals surface area contributed by atoms with Crippen molar-refractivity contribution in [2.75, 3.05) is 19.6 Å². The number of nitrogens with zero attached hydrogens (tertiary/aromatic N) is 1. The van der Waals surface area contributed by atoms with Crippen molar-refractivity contribution in [3.63, 3.8) is 0 Å². The van der Waals surface area contributed by atoms with E-state index in [1.165, 1.54) is 0 Å². The lowest BCUT2D eigenvalue weighted by molar-refractivity contribution is -0.137. The maximum atomic E-state index is 14.7. The lowest BCUT2D eigenvalue weighted by atomic mass is 9.84. The van der Waals surface area contributed by atoms with Gasteiger partial charge in [0.25, 0.3) is 0 Å². The van der Waals surface area contributed by atoms with Crippen LogP contribution < -0.4 is 10.6 Å². The molecule has 2 atom stereocenters. The van der Waals surface area contributed by atoms with Gasteiger partial charge < -0.3 is 15.5 Å². The van der Waals surface area contributed by atoms with Gasteiger partial charge in [-0.1, -0.05) is 35.3 Å². The number of carbonyl (C=O) groups excluding carboxylic acids is 2. The van der Waals surface area contributed by atoms with Crippen molar-refractivity contribution in [3.05, 3.63) is 69.0 Å². The summed E-state index contributed by atoms with van der Waals surface area (Å²) in [6.07, 6.45) is -2.09. The molecule has 4 fully saturated rings. The monoisotopic (exact) mass is 571 g/mol. The van der Waals surface area contributed by atoms with E-state index >= 15 is 0 Å². The van der Waals surface area contributed by atoms with Gasteiger partial charge in [0.05, 0.1) is 11.0 Å². The lowest BCUT2D eigenvalue weighted by Gasteiger charge is -2.45. The van der Waals surface area contributed by atoms with Crippen LogP contribution in [0, 0.1) is 11.7 Å². The van der Waals surface area contributed by atoms with E-state index in [4.69, 9.17) is 23.2 Å². The molecule has 3 heterocycles. The Morgan fingerprint density at radius 3 is 2.34 bits per heavy atom. The van der Waals surface area contributed by atoms with Crippen molar-refractivity contribution < 1.29 is 27.2 Å². The molecule has 6 rings (SSSR count). The van der Waals surface area contributed by atoms with Crippen molar-refractivity contribution in [2.45, 2.75) is 55.8 Å². The molecule has 204 valence electrons. The fraction of sp³-hybridized carbons (Fsp3) is 0.481. The molecule has 38 heavy (non-hydrogen) atoms. The van der Waals surface area contributed by atoms with Crippen LogP contribution in [0.15, 0.2) is 36.4 Å². The normalized spacial score (nSPS) is 24.5. The Kier molecular flexibility index (Phi) is 7.39. The first-order chi connectivity index (χ1) is 18.0. The average molecular weight is 572 g/mol. The van der Waals surface area contributed by atoms with E-state index in [2.05, 4.69) is 15.5 Å². The van der Waals surface area contributed by atoms with Gasteiger partial charge in [0.1, 0.15) is 11.9 Å². The van der Waals surface area contributed by atoms with Gasteiger partial charge in [-0.3, -0.25) is 9.59 Å². The molecule has 2 N–H and O–H groups in total. The first kappa shape index (κ1) is 27.2. The van der Waals surface area contributed by atoms with Crippen LogP contribution in [0.3, 0.4) is 0 Å². The Morgan fingerprint density at radius 2 is 1.79 bits per heavy atom. The third-order valence-electron chi connectivity index (χ3n) is 8.04. The zero-order chi connectivity index (χ0) is 27.2. The minimum Gasteiger partial charge on any atom is -0.350 e. The number of alkyl halides is 3.